The first kappa shape index (κ1) is 14.4. The highest BCUT2D eigenvalue weighted by atomic mass is 16.2. The van der Waals surface area contributed by atoms with E-state index < -0.39 is 5.54 Å². The van der Waals surface area contributed by atoms with Gasteiger partial charge in [0, 0.05) is 6.54 Å². The van der Waals surface area contributed by atoms with Crippen molar-refractivity contribution >= 4 is 11.8 Å². The highest BCUT2D eigenvalue weighted by Gasteiger charge is 2.57. The molecular weight excluding hydrogens is 240 g/mol. The molecule has 4 nitrogen and oxygen atoms in total. The molecule has 3 unspecified atom stereocenters. The molecule has 0 bridgehead atoms. The molecule has 4 heteroatoms. The second kappa shape index (κ2) is 5.14. The zero-order valence-corrected chi connectivity index (χ0v) is 12.5. The molecule has 0 aromatic carbocycles. The third-order valence-electron chi connectivity index (χ3n) is 4.87. The fraction of sp³-hybridized carbons (Fsp3) is 0.867. The van der Waals surface area contributed by atoms with Crippen molar-refractivity contribution in [1.29, 1.82) is 0 Å². The number of carbonyl (C=O) groups excluding carboxylic acids is 2. The molecule has 2 rings (SSSR count). The maximum Gasteiger partial charge on any atom is 0.246 e. The third-order valence-corrected chi connectivity index (χ3v) is 4.87. The van der Waals surface area contributed by atoms with Gasteiger partial charge >= 0.3 is 0 Å². The zero-order chi connectivity index (χ0) is 14.2. The first-order valence-corrected chi connectivity index (χ1v) is 7.59. The summed E-state index contributed by atoms with van der Waals surface area (Å²) in [7, 11) is 0. The van der Waals surface area contributed by atoms with Crippen molar-refractivity contribution in [2.45, 2.75) is 65.0 Å². The predicted octanol–water partition coefficient (Wildman–Crippen LogP) is 1.94. The summed E-state index contributed by atoms with van der Waals surface area (Å²) in [6, 6.07) is -0.337. The van der Waals surface area contributed by atoms with E-state index in [0.717, 1.165) is 25.7 Å². The molecule has 108 valence electrons. The molecule has 2 amide bonds. The highest BCUT2D eigenvalue weighted by Crippen LogP contribution is 2.45. The van der Waals surface area contributed by atoms with Crippen molar-refractivity contribution in [3.63, 3.8) is 0 Å². The van der Waals surface area contributed by atoms with E-state index in [4.69, 9.17) is 0 Å². The molecule has 2 fully saturated rings. The largest absolute Gasteiger partial charge is 0.342 e. The second-order valence-electron chi connectivity index (χ2n) is 6.25. The SMILES string of the molecule is CCCN1C(=O)C(C(C)CC)NC(=O)C1(C)C1CC1. The average molecular weight is 266 g/mol. The van der Waals surface area contributed by atoms with Gasteiger partial charge in [-0.3, -0.25) is 9.59 Å². The molecule has 0 aromatic rings. The lowest BCUT2D eigenvalue weighted by Gasteiger charge is -2.47. The van der Waals surface area contributed by atoms with Crippen LogP contribution in [0.4, 0.5) is 0 Å². The molecular formula is C15H26N2O2. The van der Waals surface area contributed by atoms with E-state index in [1.807, 2.05) is 18.7 Å². The minimum atomic E-state index is -0.614. The van der Waals surface area contributed by atoms with E-state index in [-0.39, 0.29) is 23.8 Å². The number of rotatable bonds is 5. The molecule has 0 radical (unpaired) electrons. The van der Waals surface area contributed by atoms with E-state index in [0.29, 0.717) is 12.5 Å². The average Bonchev–Trinajstić information content (AvgIpc) is 3.22. The van der Waals surface area contributed by atoms with E-state index in [1.54, 1.807) is 0 Å². The fourth-order valence-electron chi connectivity index (χ4n) is 3.11. The second-order valence-corrected chi connectivity index (χ2v) is 6.25. The molecule has 0 spiro atoms. The maximum atomic E-state index is 12.7. The third kappa shape index (κ3) is 2.26. The van der Waals surface area contributed by atoms with Crippen LogP contribution < -0.4 is 5.32 Å². The van der Waals surface area contributed by atoms with Crippen molar-refractivity contribution in [3.8, 4) is 0 Å². The van der Waals surface area contributed by atoms with Gasteiger partial charge in [0.1, 0.15) is 11.6 Å². The first-order valence-electron chi connectivity index (χ1n) is 7.59. The van der Waals surface area contributed by atoms with Gasteiger partial charge in [0.15, 0.2) is 0 Å². The number of hydrogen-bond donors (Lipinski definition) is 1. The van der Waals surface area contributed by atoms with Gasteiger partial charge in [-0.15, -0.1) is 0 Å². The maximum absolute atomic E-state index is 12.7. The number of amides is 2. The molecule has 1 N–H and O–H groups in total. The smallest absolute Gasteiger partial charge is 0.246 e. The lowest BCUT2D eigenvalue weighted by atomic mass is 9.85. The van der Waals surface area contributed by atoms with Crippen LogP contribution in [0.15, 0.2) is 0 Å². The minimum absolute atomic E-state index is 0.0494. The van der Waals surface area contributed by atoms with Crippen LogP contribution in [0.5, 0.6) is 0 Å². The van der Waals surface area contributed by atoms with Crippen molar-refractivity contribution in [3.05, 3.63) is 0 Å². The molecule has 1 aliphatic carbocycles. The Labute approximate surface area is 115 Å². The lowest BCUT2D eigenvalue weighted by molar-refractivity contribution is -0.159. The molecule has 1 saturated heterocycles. The summed E-state index contributed by atoms with van der Waals surface area (Å²) in [4.78, 5) is 27.1. The van der Waals surface area contributed by atoms with Crippen molar-refractivity contribution in [2.75, 3.05) is 6.54 Å². The number of nitrogens with one attached hydrogen (secondary N) is 1. The summed E-state index contributed by atoms with van der Waals surface area (Å²) >= 11 is 0. The number of carbonyl (C=O) groups is 2. The number of hydrogen-bond acceptors (Lipinski definition) is 2. The molecule has 1 aliphatic heterocycles. The van der Waals surface area contributed by atoms with Gasteiger partial charge in [0.2, 0.25) is 11.8 Å². The van der Waals surface area contributed by atoms with E-state index in [1.165, 1.54) is 0 Å². The van der Waals surface area contributed by atoms with E-state index >= 15 is 0 Å². The Morgan fingerprint density at radius 3 is 2.47 bits per heavy atom. The Balaban J connectivity index is 2.29. The van der Waals surface area contributed by atoms with Crippen LogP contribution in [-0.2, 0) is 9.59 Å². The number of piperazine rings is 1. The van der Waals surface area contributed by atoms with Crippen molar-refractivity contribution in [2.24, 2.45) is 11.8 Å². The van der Waals surface area contributed by atoms with Gasteiger partial charge in [-0.05, 0) is 38.0 Å². The highest BCUT2D eigenvalue weighted by molar-refractivity contribution is 6.00. The van der Waals surface area contributed by atoms with Crippen LogP contribution in [0.2, 0.25) is 0 Å². The molecule has 3 atom stereocenters. The summed E-state index contributed by atoms with van der Waals surface area (Å²) < 4.78 is 0. The Morgan fingerprint density at radius 1 is 1.37 bits per heavy atom. The van der Waals surface area contributed by atoms with Gasteiger partial charge in [-0.2, -0.15) is 0 Å². The summed E-state index contributed by atoms with van der Waals surface area (Å²) in [6.45, 7) is 8.79. The van der Waals surface area contributed by atoms with Gasteiger partial charge in [0.05, 0.1) is 0 Å². The predicted molar refractivity (Wildman–Crippen MR) is 74.5 cm³/mol. The first-order chi connectivity index (χ1) is 8.96. The number of nitrogens with zero attached hydrogens (tertiary/aromatic N) is 1. The van der Waals surface area contributed by atoms with Crippen molar-refractivity contribution in [1.82, 2.24) is 10.2 Å². The van der Waals surface area contributed by atoms with Crippen molar-refractivity contribution < 1.29 is 9.59 Å². The van der Waals surface area contributed by atoms with Gasteiger partial charge in [-0.25, -0.2) is 0 Å². The normalized spacial score (nSPS) is 33.3. The summed E-state index contributed by atoms with van der Waals surface area (Å²) in [5.41, 5.74) is -0.614. The van der Waals surface area contributed by atoms with Gasteiger partial charge in [0.25, 0.3) is 0 Å². The van der Waals surface area contributed by atoms with Crippen LogP contribution >= 0.6 is 0 Å². The van der Waals surface area contributed by atoms with Crippen LogP contribution in [0.1, 0.15) is 53.4 Å². The Morgan fingerprint density at radius 2 is 2.00 bits per heavy atom. The fourth-order valence-corrected chi connectivity index (χ4v) is 3.11. The van der Waals surface area contributed by atoms with Crippen LogP contribution in [0.25, 0.3) is 0 Å². The van der Waals surface area contributed by atoms with Crippen LogP contribution in [0.3, 0.4) is 0 Å². The quantitative estimate of drug-likeness (QED) is 0.826. The topological polar surface area (TPSA) is 49.4 Å². The summed E-state index contributed by atoms with van der Waals surface area (Å²) in [5.74, 6) is 0.707. The van der Waals surface area contributed by atoms with Gasteiger partial charge < -0.3 is 10.2 Å². The lowest BCUT2D eigenvalue weighted by Crippen LogP contribution is -2.71. The monoisotopic (exact) mass is 266 g/mol. The molecule has 19 heavy (non-hydrogen) atoms. The molecule has 1 heterocycles. The van der Waals surface area contributed by atoms with E-state index in [2.05, 4.69) is 19.2 Å². The molecule has 0 aromatic heterocycles. The summed E-state index contributed by atoms with van der Waals surface area (Å²) in [6.07, 6.45) is 3.92. The molecule has 2 aliphatic rings. The standard InChI is InChI=1S/C15H26N2O2/c1-5-9-17-13(18)12(10(3)6-2)16-14(19)15(17,4)11-7-8-11/h10-12H,5-9H2,1-4H3,(H,16,19). The Kier molecular flexibility index (Phi) is 3.88. The molecule has 1 saturated carbocycles. The van der Waals surface area contributed by atoms with Crippen LogP contribution in [-0.4, -0.2) is 34.8 Å². The van der Waals surface area contributed by atoms with Gasteiger partial charge in [-0.1, -0.05) is 27.2 Å². The Bertz CT molecular complexity index is 378. The zero-order valence-electron chi connectivity index (χ0n) is 12.5. The Hall–Kier alpha value is -1.06. The van der Waals surface area contributed by atoms with E-state index in [9.17, 15) is 9.59 Å². The minimum Gasteiger partial charge on any atom is -0.342 e. The van der Waals surface area contributed by atoms with Crippen LogP contribution in [0, 0.1) is 11.8 Å². The summed E-state index contributed by atoms with van der Waals surface area (Å²) in [5, 5.41) is 2.99.